The fraction of sp³-hybridized carbons (Fsp3) is 0.105. The zero-order valence-corrected chi connectivity index (χ0v) is 14.9. The number of hydrogen-bond donors (Lipinski definition) is 2. The first-order chi connectivity index (χ1) is 12.5. The van der Waals surface area contributed by atoms with Crippen molar-refractivity contribution in [2.75, 3.05) is 11.9 Å². The van der Waals surface area contributed by atoms with E-state index < -0.39 is 5.91 Å². The lowest BCUT2D eigenvalue weighted by Gasteiger charge is -2.06. The van der Waals surface area contributed by atoms with Crippen molar-refractivity contribution in [2.45, 2.75) is 6.92 Å². The number of fused-ring (bicyclic) bond motifs is 1. The van der Waals surface area contributed by atoms with E-state index in [4.69, 9.17) is 11.6 Å². The number of amides is 2. The van der Waals surface area contributed by atoms with Crippen molar-refractivity contribution in [3.8, 4) is 0 Å². The molecule has 6 nitrogen and oxygen atoms in total. The van der Waals surface area contributed by atoms with Gasteiger partial charge in [-0.1, -0.05) is 29.8 Å². The van der Waals surface area contributed by atoms with Crippen LogP contribution in [0.25, 0.3) is 5.52 Å². The number of pyridine rings is 1. The lowest BCUT2D eigenvalue weighted by atomic mass is 10.2. The van der Waals surface area contributed by atoms with E-state index in [1.165, 1.54) is 0 Å². The van der Waals surface area contributed by atoms with Crippen molar-refractivity contribution in [1.82, 2.24) is 14.7 Å². The lowest BCUT2D eigenvalue weighted by Crippen LogP contribution is -2.24. The lowest BCUT2D eigenvalue weighted by molar-refractivity contribution is 0.0955. The van der Waals surface area contributed by atoms with Gasteiger partial charge in [-0.05, 0) is 36.8 Å². The van der Waals surface area contributed by atoms with Crippen LogP contribution in [-0.2, 0) is 0 Å². The number of aryl methyl sites for hydroxylation is 1. The summed E-state index contributed by atoms with van der Waals surface area (Å²) < 4.78 is 1.58. The maximum Gasteiger partial charge on any atom is 0.292 e. The topological polar surface area (TPSA) is 75.5 Å². The van der Waals surface area contributed by atoms with Gasteiger partial charge < -0.3 is 10.6 Å². The Balaban J connectivity index is 1.96. The molecule has 0 saturated heterocycles. The number of nitrogens with one attached hydrogen (secondary N) is 2. The summed E-state index contributed by atoms with van der Waals surface area (Å²) in [7, 11) is 0. The summed E-state index contributed by atoms with van der Waals surface area (Å²) in [5, 5.41) is 5.99. The Morgan fingerprint density at radius 3 is 2.81 bits per heavy atom. The zero-order valence-electron chi connectivity index (χ0n) is 14.1. The first-order valence-corrected chi connectivity index (χ1v) is 8.32. The van der Waals surface area contributed by atoms with Gasteiger partial charge >= 0.3 is 0 Å². The molecule has 2 aromatic heterocycles. The van der Waals surface area contributed by atoms with Gasteiger partial charge in [-0.25, -0.2) is 4.98 Å². The summed E-state index contributed by atoms with van der Waals surface area (Å²) >= 11 is 6.10. The minimum Gasteiger partial charge on any atom is -0.347 e. The molecule has 3 rings (SSSR count). The number of rotatable bonds is 5. The first kappa shape index (κ1) is 17.7. The number of carbonyl (C=O) groups excluding carboxylic acids is 2. The van der Waals surface area contributed by atoms with Gasteiger partial charge in [-0.2, -0.15) is 0 Å². The van der Waals surface area contributed by atoms with E-state index in [-0.39, 0.29) is 17.4 Å². The Morgan fingerprint density at radius 1 is 1.27 bits per heavy atom. The number of aromatic nitrogens is 2. The van der Waals surface area contributed by atoms with Crippen LogP contribution in [0.3, 0.4) is 0 Å². The van der Waals surface area contributed by atoms with E-state index in [0.29, 0.717) is 22.8 Å². The zero-order chi connectivity index (χ0) is 18.7. The Kier molecular flexibility index (Phi) is 5.04. The van der Waals surface area contributed by atoms with E-state index in [1.807, 2.05) is 13.0 Å². The predicted molar refractivity (Wildman–Crippen MR) is 102 cm³/mol. The second-order valence-electron chi connectivity index (χ2n) is 5.66. The van der Waals surface area contributed by atoms with Crippen molar-refractivity contribution >= 4 is 34.6 Å². The monoisotopic (exact) mass is 368 g/mol. The molecule has 0 saturated carbocycles. The van der Waals surface area contributed by atoms with Gasteiger partial charge in [0.1, 0.15) is 0 Å². The van der Waals surface area contributed by atoms with E-state index in [0.717, 1.165) is 5.56 Å². The fourth-order valence-corrected chi connectivity index (χ4v) is 2.65. The fourth-order valence-electron chi connectivity index (χ4n) is 2.47. The molecule has 0 bridgehead atoms. The molecule has 0 radical (unpaired) electrons. The summed E-state index contributed by atoms with van der Waals surface area (Å²) in [6, 6.07) is 10.5. The largest absolute Gasteiger partial charge is 0.347 e. The summed E-state index contributed by atoms with van der Waals surface area (Å²) in [6.45, 7) is 5.76. The third-order valence-electron chi connectivity index (χ3n) is 3.80. The quantitative estimate of drug-likeness (QED) is 0.677. The number of carbonyl (C=O) groups is 2. The molecule has 3 aromatic rings. The predicted octanol–water partition coefficient (Wildman–Crippen LogP) is 3.46. The molecule has 132 valence electrons. The number of hydrogen-bond acceptors (Lipinski definition) is 3. The molecule has 7 heteroatoms. The molecule has 0 aliphatic carbocycles. The molecule has 0 aliphatic heterocycles. The summed E-state index contributed by atoms with van der Waals surface area (Å²) in [4.78, 5) is 29.2. The van der Waals surface area contributed by atoms with Crippen LogP contribution in [0.4, 0.5) is 5.69 Å². The van der Waals surface area contributed by atoms with Crippen molar-refractivity contribution in [3.63, 3.8) is 0 Å². The second kappa shape index (κ2) is 7.41. The average molecular weight is 369 g/mol. The van der Waals surface area contributed by atoms with Gasteiger partial charge in [0.05, 0.1) is 5.52 Å². The summed E-state index contributed by atoms with van der Waals surface area (Å²) in [5.74, 6) is -0.694. The minimum absolute atomic E-state index is 0.112. The molecule has 0 unspecified atom stereocenters. The second-order valence-corrected chi connectivity index (χ2v) is 6.06. The van der Waals surface area contributed by atoms with E-state index in [1.54, 1.807) is 47.0 Å². The molecular weight excluding hydrogens is 352 g/mol. The highest BCUT2D eigenvalue weighted by Crippen LogP contribution is 2.21. The SMILES string of the molecule is C=CCNC(=O)c1nc(C(=O)Nc2ccc(C)c(Cl)c2)n2ccccc12. The molecule has 0 fully saturated rings. The number of benzene rings is 1. The van der Waals surface area contributed by atoms with Crippen LogP contribution in [0.2, 0.25) is 5.02 Å². The van der Waals surface area contributed by atoms with Gasteiger partial charge in [0, 0.05) is 23.5 Å². The Labute approximate surface area is 155 Å². The highest BCUT2D eigenvalue weighted by Gasteiger charge is 2.21. The molecule has 0 atom stereocenters. The summed E-state index contributed by atoms with van der Waals surface area (Å²) in [5.41, 5.74) is 2.19. The number of halogens is 1. The van der Waals surface area contributed by atoms with Crippen molar-refractivity contribution in [2.24, 2.45) is 0 Å². The molecular formula is C19H17ClN4O2. The molecule has 2 amide bonds. The molecule has 26 heavy (non-hydrogen) atoms. The van der Waals surface area contributed by atoms with Crippen LogP contribution >= 0.6 is 11.6 Å². The van der Waals surface area contributed by atoms with Crippen molar-refractivity contribution in [3.05, 3.63) is 77.4 Å². The normalized spacial score (nSPS) is 10.5. The van der Waals surface area contributed by atoms with E-state index >= 15 is 0 Å². The van der Waals surface area contributed by atoms with Crippen LogP contribution in [0.5, 0.6) is 0 Å². The van der Waals surface area contributed by atoms with Gasteiger partial charge in [-0.15, -0.1) is 6.58 Å². The molecule has 0 aliphatic rings. The third-order valence-corrected chi connectivity index (χ3v) is 4.21. The molecule has 1 aromatic carbocycles. The smallest absolute Gasteiger partial charge is 0.292 e. The van der Waals surface area contributed by atoms with E-state index in [9.17, 15) is 9.59 Å². The van der Waals surface area contributed by atoms with Crippen LogP contribution in [0.1, 0.15) is 26.7 Å². The maximum absolute atomic E-state index is 12.7. The third kappa shape index (κ3) is 3.45. The average Bonchev–Trinajstić information content (AvgIpc) is 3.03. The Morgan fingerprint density at radius 2 is 2.08 bits per heavy atom. The van der Waals surface area contributed by atoms with Gasteiger partial charge in [-0.3, -0.25) is 14.0 Å². The van der Waals surface area contributed by atoms with Crippen molar-refractivity contribution in [1.29, 1.82) is 0 Å². The molecule has 0 spiro atoms. The standard InChI is InChI=1S/C19H17ClN4O2/c1-3-9-21-18(25)16-15-6-4-5-10-24(15)17(23-16)19(26)22-13-8-7-12(2)14(20)11-13/h3-8,10-11H,1,9H2,2H3,(H,21,25)(H,22,26). The van der Waals surface area contributed by atoms with Crippen LogP contribution in [-0.4, -0.2) is 27.7 Å². The Hall–Kier alpha value is -3.12. The van der Waals surface area contributed by atoms with Gasteiger partial charge in [0.15, 0.2) is 5.69 Å². The van der Waals surface area contributed by atoms with Crippen LogP contribution < -0.4 is 10.6 Å². The number of imidazole rings is 1. The van der Waals surface area contributed by atoms with Crippen molar-refractivity contribution < 1.29 is 9.59 Å². The number of anilines is 1. The molecule has 2 N–H and O–H groups in total. The first-order valence-electron chi connectivity index (χ1n) is 7.95. The van der Waals surface area contributed by atoms with E-state index in [2.05, 4.69) is 22.2 Å². The van der Waals surface area contributed by atoms with Gasteiger partial charge in [0.25, 0.3) is 11.8 Å². The Bertz CT molecular complexity index is 1010. The van der Waals surface area contributed by atoms with Gasteiger partial charge in [0.2, 0.25) is 5.82 Å². The summed E-state index contributed by atoms with van der Waals surface area (Å²) in [6.07, 6.45) is 3.26. The number of nitrogens with zero attached hydrogens (tertiary/aromatic N) is 2. The maximum atomic E-state index is 12.7. The van der Waals surface area contributed by atoms with Crippen LogP contribution in [0, 0.1) is 6.92 Å². The highest BCUT2D eigenvalue weighted by atomic mass is 35.5. The highest BCUT2D eigenvalue weighted by molar-refractivity contribution is 6.31. The van der Waals surface area contributed by atoms with Crippen LogP contribution in [0.15, 0.2) is 55.3 Å². The molecule has 2 heterocycles. The minimum atomic E-state index is -0.436.